The maximum absolute atomic E-state index is 15.8. The number of hydrogen-bond donors (Lipinski definition) is 1. The molecular formula is C38H34F5N6O4S+. The van der Waals surface area contributed by atoms with Gasteiger partial charge in [-0.25, -0.2) is 27.9 Å². The first-order valence-electron chi connectivity index (χ1n) is 16.8. The first kappa shape index (κ1) is 38.2. The van der Waals surface area contributed by atoms with Crippen LogP contribution in [-0.4, -0.2) is 45.5 Å². The molecule has 0 radical (unpaired) electrons. The smallest absolute Gasteiger partial charge is 0.443 e. The molecule has 1 aliphatic heterocycles. The van der Waals surface area contributed by atoms with Gasteiger partial charge in [0.15, 0.2) is 5.60 Å². The molecule has 0 amide bonds. The highest BCUT2D eigenvalue weighted by Crippen LogP contribution is 2.45. The number of alkyl halides is 3. The van der Waals surface area contributed by atoms with Crippen LogP contribution in [0, 0.1) is 36.8 Å². The molecule has 16 heteroatoms. The molecule has 0 spiro atoms. The molecule has 5 aromatic rings. The van der Waals surface area contributed by atoms with Crippen LogP contribution in [0.4, 0.5) is 22.0 Å². The highest BCUT2D eigenvalue weighted by molar-refractivity contribution is 7.10. The van der Waals surface area contributed by atoms with Gasteiger partial charge in [0.05, 0.1) is 29.8 Å². The molecule has 3 unspecified atom stereocenters. The first-order chi connectivity index (χ1) is 25.7. The normalized spacial score (nSPS) is 16.0. The lowest BCUT2D eigenvalue weighted by Gasteiger charge is -2.36. The van der Waals surface area contributed by atoms with Gasteiger partial charge in [-0.05, 0) is 86.3 Å². The van der Waals surface area contributed by atoms with E-state index in [0.29, 0.717) is 46.2 Å². The molecule has 1 aliphatic rings. The van der Waals surface area contributed by atoms with Crippen molar-refractivity contribution in [3.8, 4) is 23.1 Å². The van der Waals surface area contributed by atoms with Crippen molar-refractivity contribution < 1.29 is 45.6 Å². The van der Waals surface area contributed by atoms with Crippen molar-refractivity contribution in [2.45, 2.75) is 70.4 Å². The van der Waals surface area contributed by atoms with Gasteiger partial charge in [-0.1, -0.05) is 19.1 Å². The molecule has 54 heavy (non-hydrogen) atoms. The number of halogens is 5. The third kappa shape index (κ3) is 8.17. The quantitative estimate of drug-likeness (QED) is 0.0694. The number of carbonyl (C=O) groups excluding carboxylic acids is 2. The van der Waals surface area contributed by atoms with E-state index in [1.165, 1.54) is 24.3 Å². The Morgan fingerprint density at radius 2 is 1.83 bits per heavy atom. The van der Waals surface area contributed by atoms with Gasteiger partial charge in [0, 0.05) is 27.7 Å². The van der Waals surface area contributed by atoms with Crippen molar-refractivity contribution in [2.24, 2.45) is 0 Å². The fourth-order valence-corrected chi connectivity index (χ4v) is 7.52. The molecule has 6 rings (SSSR count). The second kappa shape index (κ2) is 15.4. The number of nitriles is 1. The van der Waals surface area contributed by atoms with Crippen LogP contribution >= 0.6 is 11.3 Å². The van der Waals surface area contributed by atoms with E-state index < -0.39 is 47.4 Å². The van der Waals surface area contributed by atoms with E-state index in [9.17, 15) is 27.2 Å². The van der Waals surface area contributed by atoms with Crippen LogP contribution in [0.15, 0.2) is 72.6 Å². The summed E-state index contributed by atoms with van der Waals surface area (Å²) in [5.41, 5.74) is 0.684. The highest BCUT2D eigenvalue weighted by atomic mass is 32.1. The number of nitrogens with one attached hydrogen (secondary N) is 1. The Morgan fingerprint density at radius 3 is 2.46 bits per heavy atom. The predicted molar refractivity (Wildman–Crippen MR) is 185 cm³/mol. The van der Waals surface area contributed by atoms with E-state index in [2.05, 4.69) is 15.4 Å². The third-order valence-electron chi connectivity index (χ3n) is 9.25. The molecule has 0 saturated carbocycles. The van der Waals surface area contributed by atoms with Gasteiger partial charge >= 0.3 is 18.1 Å². The van der Waals surface area contributed by atoms with Gasteiger partial charge in [0.2, 0.25) is 6.33 Å². The van der Waals surface area contributed by atoms with E-state index in [0.717, 1.165) is 42.0 Å². The lowest BCUT2D eigenvalue weighted by molar-refractivity contribution is -0.689. The summed E-state index contributed by atoms with van der Waals surface area (Å²) in [7, 11) is 0. The first-order valence-corrected chi connectivity index (χ1v) is 17.7. The summed E-state index contributed by atoms with van der Waals surface area (Å²) in [6.07, 6.45) is -1.03. The van der Waals surface area contributed by atoms with Gasteiger partial charge < -0.3 is 14.8 Å². The SMILES string of the molecule is Cc1cc(C[n+]2cnn(CC(OC(=O)C(F)(F)F)(c3ccc(F)cc3F)C(C)c3nc(-c4ccc(C#N)cc4)cs3)c2)cc(C)c1OC(=O)C1CCCN1. The summed E-state index contributed by atoms with van der Waals surface area (Å²) in [6.45, 7) is 5.41. The Morgan fingerprint density at radius 1 is 1.11 bits per heavy atom. The molecule has 1 N–H and O–H groups in total. The standard InChI is InChI=1S/C38H34F5N6O4S/c1-22-13-26(14-23(2)33(22)52-35(50)31-5-4-12-45-31)17-48-20-46-49(21-48)19-37(53-36(51)38(41,42)43,29-11-10-28(39)15-30(29)40)24(3)34-47-32(18-54-34)27-8-6-25(16-44)7-9-27/h6-11,13-15,18,20-21,24,31,45H,4-5,12,17,19H2,1-3H3/q+1. The number of nitrogens with zero attached hydrogens (tertiary/aromatic N) is 5. The van der Waals surface area contributed by atoms with Crippen LogP contribution in [0.5, 0.6) is 5.75 Å². The fraction of sp³-hybridized carbons (Fsp3) is 0.316. The molecule has 0 aliphatic carbocycles. The van der Waals surface area contributed by atoms with E-state index in [1.807, 2.05) is 32.0 Å². The monoisotopic (exact) mass is 765 g/mol. The average Bonchev–Trinajstić information content (AvgIpc) is 3.92. The molecule has 0 bridgehead atoms. The number of rotatable bonds is 11. The van der Waals surface area contributed by atoms with Gasteiger partial charge in [0.1, 0.15) is 35.0 Å². The summed E-state index contributed by atoms with van der Waals surface area (Å²) in [4.78, 5) is 29.9. The van der Waals surface area contributed by atoms with E-state index >= 15 is 4.39 Å². The number of hydrogen-bond acceptors (Lipinski definition) is 9. The number of aryl methyl sites for hydroxylation is 2. The molecule has 3 atom stereocenters. The third-order valence-corrected chi connectivity index (χ3v) is 10.3. The van der Waals surface area contributed by atoms with Crippen molar-refractivity contribution in [3.63, 3.8) is 0 Å². The Bertz CT molecular complexity index is 2200. The maximum atomic E-state index is 15.8. The largest absolute Gasteiger partial charge is 0.490 e. The molecule has 3 heterocycles. The molecule has 1 saturated heterocycles. The van der Waals surface area contributed by atoms with Gasteiger partial charge in [-0.15, -0.1) is 16.0 Å². The van der Waals surface area contributed by atoms with Crippen molar-refractivity contribution >= 4 is 23.3 Å². The number of thiazole rings is 1. The Kier molecular flexibility index (Phi) is 10.9. The van der Waals surface area contributed by atoms with Gasteiger partial charge in [0.25, 0.3) is 6.33 Å². The molecule has 1 fully saturated rings. The van der Waals surface area contributed by atoms with Crippen LogP contribution in [0.1, 0.15) is 58.5 Å². The summed E-state index contributed by atoms with van der Waals surface area (Å²) in [6, 6.07) is 14.1. The van der Waals surface area contributed by atoms with Crippen molar-refractivity contribution in [2.75, 3.05) is 6.54 Å². The van der Waals surface area contributed by atoms with E-state index in [4.69, 9.17) is 14.7 Å². The van der Waals surface area contributed by atoms with Crippen molar-refractivity contribution in [3.05, 3.63) is 117 Å². The van der Waals surface area contributed by atoms with Crippen LogP contribution in [0.3, 0.4) is 0 Å². The van der Waals surface area contributed by atoms with Crippen LogP contribution in [-0.2, 0) is 33.0 Å². The maximum Gasteiger partial charge on any atom is 0.490 e. The van der Waals surface area contributed by atoms with E-state index in [1.54, 1.807) is 34.2 Å². The van der Waals surface area contributed by atoms with Gasteiger partial charge in [-0.3, -0.25) is 0 Å². The Hall–Kier alpha value is -5.53. The van der Waals surface area contributed by atoms with Crippen LogP contribution in [0.25, 0.3) is 11.3 Å². The molecular weight excluding hydrogens is 732 g/mol. The van der Waals surface area contributed by atoms with Crippen LogP contribution in [0.2, 0.25) is 0 Å². The number of carbonyl (C=O) groups is 2. The zero-order chi connectivity index (χ0) is 38.8. The van der Waals surface area contributed by atoms with Crippen molar-refractivity contribution in [1.82, 2.24) is 20.1 Å². The summed E-state index contributed by atoms with van der Waals surface area (Å²) in [5.74, 6) is -5.95. The zero-order valence-electron chi connectivity index (χ0n) is 29.3. The van der Waals surface area contributed by atoms with Gasteiger partial charge in [-0.2, -0.15) is 18.4 Å². The lowest BCUT2D eigenvalue weighted by Crippen LogP contribution is -2.45. The summed E-state index contributed by atoms with van der Waals surface area (Å²) < 4.78 is 85.6. The number of esters is 2. The Balaban J connectivity index is 1.35. The minimum atomic E-state index is -5.47. The molecule has 2 aromatic heterocycles. The summed E-state index contributed by atoms with van der Waals surface area (Å²) >= 11 is 1.04. The highest BCUT2D eigenvalue weighted by Gasteiger charge is 2.53. The minimum Gasteiger partial charge on any atom is -0.443 e. The summed E-state index contributed by atoms with van der Waals surface area (Å²) in [5, 5.41) is 18.4. The molecule has 3 aromatic carbocycles. The lowest BCUT2D eigenvalue weighted by atomic mass is 9.81. The topological polar surface area (TPSA) is 123 Å². The van der Waals surface area contributed by atoms with Crippen molar-refractivity contribution in [1.29, 1.82) is 5.26 Å². The number of benzene rings is 3. The minimum absolute atomic E-state index is 0.184. The number of aromatic nitrogens is 4. The molecule has 10 nitrogen and oxygen atoms in total. The molecule has 280 valence electrons. The fourth-order valence-electron chi connectivity index (χ4n) is 6.55. The number of ether oxygens (including phenoxy) is 2. The zero-order valence-corrected chi connectivity index (χ0v) is 30.1. The van der Waals surface area contributed by atoms with E-state index in [-0.39, 0.29) is 23.6 Å². The Labute approximate surface area is 310 Å². The van der Waals surface area contributed by atoms with Crippen LogP contribution < -0.4 is 14.6 Å². The second-order valence-electron chi connectivity index (χ2n) is 13.1. The average molecular weight is 766 g/mol. The second-order valence-corrected chi connectivity index (χ2v) is 14.0. The predicted octanol–water partition coefficient (Wildman–Crippen LogP) is 6.57.